The third-order valence-electron chi connectivity index (χ3n) is 4.85. The van der Waals surface area contributed by atoms with Crippen molar-refractivity contribution in [1.29, 1.82) is 0 Å². The summed E-state index contributed by atoms with van der Waals surface area (Å²) >= 11 is 0. The molecule has 0 bridgehead atoms. The van der Waals surface area contributed by atoms with E-state index in [0.717, 1.165) is 22.9 Å². The van der Waals surface area contributed by atoms with Gasteiger partial charge < -0.3 is 9.74 Å². The molecule has 2 aromatic carbocycles. The molecule has 1 aliphatic rings. The van der Waals surface area contributed by atoms with Crippen molar-refractivity contribution in [2.45, 2.75) is 46.3 Å². The summed E-state index contributed by atoms with van der Waals surface area (Å²) < 4.78 is 27.4. The summed E-state index contributed by atoms with van der Waals surface area (Å²) in [4.78, 5) is 19.9. The van der Waals surface area contributed by atoms with Crippen LogP contribution in [0.3, 0.4) is 0 Å². The smallest absolute Gasteiger partial charge is 0.223 e. The van der Waals surface area contributed by atoms with Gasteiger partial charge in [0.2, 0.25) is 5.91 Å². The van der Waals surface area contributed by atoms with Gasteiger partial charge in [0.1, 0.15) is 11.6 Å². The van der Waals surface area contributed by atoms with Crippen molar-refractivity contribution >= 4 is 11.6 Å². The molecule has 0 unspecified atom stereocenters. The van der Waals surface area contributed by atoms with Crippen LogP contribution in [0.25, 0.3) is 0 Å². The highest BCUT2D eigenvalue weighted by Gasteiger charge is 2.27. The van der Waals surface area contributed by atoms with Crippen LogP contribution in [0.5, 0.6) is 0 Å². The normalized spacial score (nSPS) is 15.9. The summed E-state index contributed by atoms with van der Waals surface area (Å²) in [6.45, 7) is 6.30. The van der Waals surface area contributed by atoms with Crippen LogP contribution in [-0.2, 0) is 16.2 Å². The first-order chi connectivity index (χ1) is 13.8. The number of carbonyl (C=O) groups excluding carboxylic acids is 1. The molecule has 6 heteroatoms. The van der Waals surface area contributed by atoms with E-state index in [0.29, 0.717) is 19.4 Å². The Kier molecular flexibility index (Phi) is 6.62. The molecule has 1 heterocycles. The summed E-state index contributed by atoms with van der Waals surface area (Å²) in [5.74, 6) is -1.21. The number of hydrogen-bond acceptors (Lipinski definition) is 3. The zero-order chi connectivity index (χ0) is 21.0. The van der Waals surface area contributed by atoms with E-state index in [-0.39, 0.29) is 30.0 Å². The van der Waals surface area contributed by atoms with Gasteiger partial charge in [-0.3, -0.25) is 4.79 Å². The first-order valence-corrected chi connectivity index (χ1v) is 9.83. The molecule has 0 N–H and O–H groups in total. The van der Waals surface area contributed by atoms with Gasteiger partial charge in [-0.05, 0) is 24.5 Å². The molecule has 1 atom stereocenters. The molecular weight excluding hydrogens is 374 g/mol. The zero-order valence-electron chi connectivity index (χ0n) is 17.0. The Morgan fingerprint density at radius 3 is 2.59 bits per heavy atom. The summed E-state index contributed by atoms with van der Waals surface area (Å²) in [6, 6.07) is 11.4. The van der Waals surface area contributed by atoms with E-state index in [9.17, 15) is 13.6 Å². The minimum absolute atomic E-state index is 0.0669. The molecule has 3 rings (SSSR count). The van der Waals surface area contributed by atoms with Crippen molar-refractivity contribution in [3.63, 3.8) is 0 Å². The largest absolute Gasteiger partial charge is 0.390 e. The molecule has 0 aromatic heterocycles. The van der Waals surface area contributed by atoms with Crippen LogP contribution in [0.4, 0.5) is 8.78 Å². The Balaban J connectivity index is 1.70. The molecule has 2 aromatic rings. The summed E-state index contributed by atoms with van der Waals surface area (Å²) in [7, 11) is 0. The van der Waals surface area contributed by atoms with E-state index in [1.165, 1.54) is 12.1 Å². The van der Waals surface area contributed by atoms with E-state index >= 15 is 0 Å². The second-order valence-corrected chi connectivity index (χ2v) is 7.94. The van der Waals surface area contributed by atoms with Gasteiger partial charge in [0.25, 0.3) is 0 Å². The summed E-state index contributed by atoms with van der Waals surface area (Å²) in [5, 5.41) is 4.18. The highest BCUT2D eigenvalue weighted by Crippen LogP contribution is 2.21. The monoisotopic (exact) mass is 400 g/mol. The number of hydrogen-bond donors (Lipinski definition) is 0. The minimum atomic E-state index is -0.656. The molecule has 0 aliphatic carbocycles. The highest BCUT2D eigenvalue weighted by atomic mass is 19.1. The molecule has 0 spiro atoms. The maximum absolute atomic E-state index is 14.1. The molecule has 29 heavy (non-hydrogen) atoms. The molecule has 1 amide bonds. The van der Waals surface area contributed by atoms with E-state index in [1.807, 2.05) is 45.0 Å². The summed E-state index contributed by atoms with van der Waals surface area (Å²) in [6.07, 6.45) is 0.618. The van der Waals surface area contributed by atoms with Gasteiger partial charge in [0.15, 0.2) is 6.10 Å². The lowest BCUT2D eigenvalue weighted by Crippen LogP contribution is -2.38. The number of carbonyl (C=O) groups is 1. The maximum atomic E-state index is 14.1. The van der Waals surface area contributed by atoms with Gasteiger partial charge in [0.05, 0.1) is 12.3 Å². The topological polar surface area (TPSA) is 41.9 Å². The Labute approximate surface area is 170 Å². The maximum Gasteiger partial charge on any atom is 0.223 e. The highest BCUT2D eigenvalue weighted by molar-refractivity contribution is 6.01. The van der Waals surface area contributed by atoms with Crippen molar-refractivity contribution in [3.05, 3.63) is 70.8 Å². The van der Waals surface area contributed by atoms with E-state index in [1.54, 1.807) is 4.90 Å². The fraction of sp³-hybridized carbons (Fsp3) is 0.391. The van der Waals surface area contributed by atoms with Crippen LogP contribution < -0.4 is 0 Å². The van der Waals surface area contributed by atoms with Crippen molar-refractivity contribution in [2.75, 3.05) is 6.54 Å². The lowest BCUT2D eigenvalue weighted by Gasteiger charge is -2.26. The molecular formula is C23H26F2N2O2. The third kappa shape index (κ3) is 5.62. The molecule has 4 nitrogen and oxygen atoms in total. The van der Waals surface area contributed by atoms with Gasteiger partial charge in [0, 0.05) is 31.0 Å². The molecule has 1 aliphatic heterocycles. The minimum Gasteiger partial charge on any atom is -0.390 e. The summed E-state index contributed by atoms with van der Waals surface area (Å²) in [5.41, 5.74) is 3.26. The molecule has 154 valence electrons. The average molecular weight is 400 g/mol. The number of amides is 1. The first-order valence-electron chi connectivity index (χ1n) is 9.83. The van der Waals surface area contributed by atoms with Crippen molar-refractivity contribution in [2.24, 2.45) is 11.1 Å². The first kappa shape index (κ1) is 21.0. The fourth-order valence-corrected chi connectivity index (χ4v) is 3.28. The van der Waals surface area contributed by atoms with E-state index in [4.69, 9.17) is 4.84 Å². The van der Waals surface area contributed by atoms with Crippen LogP contribution in [0.15, 0.2) is 47.6 Å². The van der Waals surface area contributed by atoms with Crippen LogP contribution in [0, 0.1) is 24.5 Å². The van der Waals surface area contributed by atoms with Gasteiger partial charge in [-0.2, -0.15) is 0 Å². The number of oxime groups is 1. The SMILES string of the molecule is Cc1ccc(C2=NO[C@@H](CN(Cc3ccc(F)cc3F)C(=O)CC(C)C)C2)cc1. The van der Waals surface area contributed by atoms with E-state index in [2.05, 4.69) is 5.16 Å². The predicted molar refractivity (Wildman–Crippen MR) is 108 cm³/mol. The lowest BCUT2D eigenvalue weighted by atomic mass is 10.0. The fourth-order valence-electron chi connectivity index (χ4n) is 3.28. The van der Waals surface area contributed by atoms with Gasteiger partial charge in [-0.1, -0.05) is 54.9 Å². The van der Waals surface area contributed by atoms with Crippen LogP contribution in [0.1, 0.15) is 43.4 Å². The third-order valence-corrected chi connectivity index (χ3v) is 4.85. The zero-order valence-corrected chi connectivity index (χ0v) is 17.0. The van der Waals surface area contributed by atoms with Gasteiger partial charge in [-0.25, -0.2) is 8.78 Å². The number of halogens is 2. The van der Waals surface area contributed by atoms with Gasteiger partial charge in [-0.15, -0.1) is 0 Å². The van der Waals surface area contributed by atoms with Crippen molar-refractivity contribution < 1.29 is 18.4 Å². The quantitative estimate of drug-likeness (QED) is 0.667. The number of benzene rings is 2. The van der Waals surface area contributed by atoms with Crippen molar-refractivity contribution in [3.8, 4) is 0 Å². The van der Waals surface area contributed by atoms with Crippen LogP contribution in [0.2, 0.25) is 0 Å². The second kappa shape index (κ2) is 9.16. The number of aryl methyl sites for hydroxylation is 1. The predicted octanol–water partition coefficient (Wildman–Crippen LogP) is 4.84. The van der Waals surface area contributed by atoms with E-state index < -0.39 is 11.6 Å². The van der Waals surface area contributed by atoms with Crippen LogP contribution in [-0.4, -0.2) is 29.2 Å². The molecule has 0 saturated heterocycles. The molecule has 0 saturated carbocycles. The molecule has 0 fully saturated rings. The Hall–Kier alpha value is -2.76. The number of rotatable bonds is 7. The average Bonchev–Trinajstić information content (AvgIpc) is 3.12. The Morgan fingerprint density at radius 1 is 1.21 bits per heavy atom. The Morgan fingerprint density at radius 2 is 1.93 bits per heavy atom. The Bertz CT molecular complexity index is 894. The standard InChI is InChI=1S/C23H26F2N2O2/c1-15(2)10-23(28)27(13-18-8-9-19(24)11-21(18)25)14-20-12-22(26-29-20)17-6-4-16(3)5-7-17/h4-9,11,15,20H,10,12-14H2,1-3H3/t20-/m1/s1. The lowest BCUT2D eigenvalue weighted by molar-refractivity contribution is -0.134. The van der Waals surface area contributed by atoms with Gasteiger partial charge >= 0.3 is 0 Å². The second-order valence-electron chi connectivity index (χ2n) is 7.94. The number of nitrogens with zero attached hydrogens (tertiary/aromatic N) is 2. The molecule has 0 radical (unpaired) electrons. The van der Waals surface area contributed by atoms with Crippen molar-refractivity contribution in [1.82, 2.24) is 4.90 Å². The van der Waals surface area contributed by atoms with Crippen LogP contribution >= 0.6 is 0 Å².